The summed E-state index contributed by atoms with van der Waals surface area (Å²) in [5.41, 5.74) is 1.58. The number of nitrogens with zero attached hydrogens (tertiary/aromatic N) is 3. The summed E-state index contributed by atoms with van der Waals surface area (Å²) < 4.78 is 84.4. The highest BCUT2D eigenvalue weighted by Gasteiger charge is 2.28. The van der Waals surface area contributed by atoms with Gasteiger partial charge in [-0.05, 0) is 43.2 Å². The van der Waals surface area contributed by atoms with Gasteiger partial charge in [-0.15, -0.1) is 0 Å². The molecular weight excluding hydrogens is 488 g/mol. The number of aromatic nitrogens is 2. The summed E-state index contributed by atoms with van der Waals surface area (Å²) in [5, 5.41) is 10.4. The maximum atomic E-state index is 12.8. The van der Waals surface area contributed by atoms with Crippen LogP contribution in [0.5, 0.6) is 5.75 Å². The molecule has 3 aromatic rings. The molecule has 0 spiro atoms. The summed E-state index contributed by atoms with van der Waals surface area (Å²) in [6, 6.07) is 7.72. The Morgan fingerprint density at radius 2 is 1.89 bits per heavy atom. The highest BCUT2D eigenvalue weighted by molar-refractivity contribution is 7.89. The molecule has 186 valence electrons. The average Bonchev–Trinajstić information content (AvgIpc) is 3.47. The summed E-state index contributed by atoms with van der Waals surface area (Å²) in [6.45, 7) is -5.43. The second kappa shape index (κ2) is 10.2. The van der Waals surface area contributed by atoms with Crippen LogP contribution in [0.1, 0.15) is 37.3 Å². The van der Waals surface area contributed by atoms with E-state index in [1.54, 1.807) is 6.07 Å². The topological polar surface area (TPSA) is 97.0 Å². The van der Waals surface area contributed by atoms with E-state index >= 15 is 0 Å². The third kappa shape index (κ3) is 4.97. The van der Waals surface area contributed by atoms with Crippen molar-refractivity contribution in [1.29, 1.82) is 5.26 Å². The number of fused-ring (bicyclic) bond motifs is 1. The fourth-order valence-electron chi connectivity index (χ4n) is 4.45. The predicted octanol–water partition coefficient (Wildman–Crippen LogP) is 4.88. The van der Waals surface area contributed by atoms with E-state index in [2.05, 4.69) is 15.8 Å². The van der Waals surface area contributed by atoms with Gasteiger partial charge in [-0.25, -0.2) is 21.9 Å². The molecule has 0 aliphatic heterocycles. The average molecular weight is 511 g/mol. The van der Waals surface area contributed by atoms with Crippen LogP contribution in [-0.2, 0) is 10.0 Å². The van der Waals surface area contributed by atoms with E-state index in [1.165, 1.54) is 24.3 Å². The molecule has 0 radical (unpaired) electrons. The highest BCUT2D eigenvalue weighted by atomic mass is 32.2. The minimum Gasteiger partial charge on any atom is -0.435 e. The van der Waals surface area contributed by atoms with Crippen LogP contribution >= 0.6 is 0 Å². The van der Waals surface area contributed by atoms with E-state index in [-0.39, 0.29) is 22.3 Å². The standard InChI is InChI=1S/C23H22F4N4O3S/c24-10-14(11-25)30-35(32,33)17-6-7-20(29-13-17)22-19(12-28)18-9-16(34-23(26)27)5-8-21(18)31(22)15-3-1-2-4-15/h5-9,13-15,23,30H,1-4,10-11H2. The zero-order valence-corrected chi connectivity index (χ0v) is 19.2. The molecule has 0 amide bonds. The summed E-state index contributed by atoms with van der Waals surface area (Å²) in [5.74, 6) is -0.0881. The van der Waals surface area contributed by atoms with Gasteiger partial charge >= 0.3 is 6.61 Å². The zero-order valence-electron chi connectivity index (χ0n) is 18.4. The zero-order chi connectivity index (χ0) is 25.2. The molecule has 1 aromatic carbocycles. The Bertz CT molecular complexity index is 1340. The molecule has 4 rings (SSSR count). The summed E-state index contributed by atoms with van der Waals surface area (Å²) in [6.07, 6.45) is 4.72. The molecule has 1 aliphatic rings. The van der Waals surface area contributed by atoms with Gasteiger partial charge < -0.3 is 9.30 Å². The second-order valence-corrected chi connectivity index (χ2v) is 9.92. The fourth-order valence-corrected chi connectivity index (χ4v) is 5.59. The first-order valence-electron chi connectivity index (χ1n) is 10.9. The predicted molar refractivity (Wildman–Crippen MR) is 120 cm³/mol. The molecule has 1 aliphatic carbocycles. The minimum atomic E-state index is -4.22. The maximum Gasteiger partial charge on any atom is 0.387 e. The summed E-state index contributed by atoms with van der Waals surface area (Å²) in [7, 11) is -4.22. The normalized spacial score (nSPS) is 14.8. The number of hydrogen-bond acceptors (Lipinski definition) is 5. The Labute approximate surface area is 199 Å². The van der Waals surface area contributed by atoms with Crippen molar-refractivity contribution in [2.45, 2.75) is 49.3 Å². The van der Waals surface area contributed by atoms with Gasteiger partial charge in [0.05, 0.1) is 28.5 Å². The van der Waals surface area contributed by atoms with Crippen LogP contribution in [0.4, 0.5) is 17.6 Å². The van der Waals surface area contributed by atoms with Crippen molar-refractivity contribution in [3.63, 3.8) is 0 Å². The first-order chi connectivity index (χ1) is 16.8. The Morgan fingerprint density at radius 1 is 1.17 bits per heavy atom. The number of ether oxygens (including phenoxy) is 1. The number of benzene rings is 1. The molecular formula is C23H22F4N4O3S. The monoisotopic (exact) mass is 510 g/mol. The van der Waals surface area contributed by atoms with Gasteiger partial charge in [-0.3, -0.25) is 4.98 Å². The number of alkyl halides is 4. The van der Waals surface area contributed by atoms with E-state index in [4.69, 9.17) is 0 Å². The lowest BCUT2D eigenvalue weighted by atomic mass is 10.1. The van der Waals surface area contributed by atoms with E-state index in [0.717, 1.165) is 31.9 Å². The molecule has 0 saturated heterocycles. The highest BCUT2D eigenvalue weighted by Crippen LogP contribution is 2.41. The summed E-state index contributed by atoms with van der Waals surface area (Å²) >= 11 is 0. The third-order valence-electron chi connectivity index (χ3n) is 5.99. The van der Waals surface area contributed by atoms with Crippen molar-refractivity contribution >= 4 is 20.9 Å². The van der Waals surface area contributed by atoms with E-state index in [1.807, 2.05) is 9.29 Å². The molecule has 0 unspecified atom stereocenters. The number of sulfonamides is 1. The molecule has 35 heavy (non-hydrogen) atoms. The number of halogens is 4. The lowest BCUT2D eigenvalue weighted by Crippen LogP contribution is -2.37. The lowest BCUT2D eigenvalue weighted by Gasteiger charge is -2.18. The van der Waals surface area contributed by atoms with Crippen molar-refractivity contribution in [3.8, 4) is 23.2 Å². The lowest BCUT2D eigenvalue weighted by molar-refractivity contribution is -0.0497. The molecule has 7 nitrogen and oxygen atoms in total. The van der Waals surface area contributed by atoms with Gasteiger partial charge in [0.2, 0.25) is 10.0 Å². The van der Waals surface area contributed by atoms with Crippen molar-refractivity contribution in [2.75, 3.05) is 13.3 Å². The van der Waals surface area contributed by atoms with Crippen LogP contribution in [0.25, 0.3) is 22.3 Å². The Balaban J connectivity index is 1.83. The van der Waals surface area contributed by atoms with Crippen molar-refractivity contribution in [1.82, 2.24) is 14.3 Å². The Morgan fingerprint density at radius 3 is 2.46 bits per heavy atom. The van der Waals surface area contributed by atoms with Gasteiger partial charge in [0.1, 0.15) is 30.1 Å². The van der Waals surface area contributed by atoms with Gasteiger partial charge in [-0.2, -0.15) is 14.0 Å². The SMILES string of the molecule is N#Cc1c(-c2ccc(S(=O)(=O)NC(CF)CF)cn2)n(C2CCCC2)c2ccc(OC(F)F)cc12. The van der Waals surface area contributed by atoms with Gasteiger partial charge in [0, 0.05) is 17.6 Å². The largest absolute Gasteiger partial charge is 0.435 e. The minimum absolute atomic E-state index is 0.0400. The smallest absolute Gasteiger partial charge is 0.387 e. The van der Waals surface area contributed by atoms with E-state index in [0.29, 0.717) is 22.3 Å². The van der Waals surface area contributed by atoms with Crippen LogP contribution < -0.4 is 9.46 Å². The van der Waals surface area contributed by atoms with Crippen molar-refractivity contribution < 1.29 is 30.7 Å². The van der Waals surface area contributed by atoms with Gasteiger partial charge in [-0.1, -0.05) is 12.8 Å². The Kier molecular flexibility index (Phi) is 7.28. The molecule has 1 saturated carbocycles. The number of nitriles is 1. The van der Waals surface area contributed by atoms with E-state index < -0.39 is 36.0 Å². The number of hydrogen-bond donors (Lipinski definition) is 1. The van der Waals surface area contributed by atoms with Crippen LogP contribution in [0.15, 0.2) is 41.4 Å². The quantitative estimate of drug-likeness (QED) is 0.414. The summed E-state index contributed by atoms with van der Waals surface area (Å²) in [4.78, 5) is 3.96. The molecule has 0 bridgehead atoms. The van der Waals surface area contributed by atoms with Gasteiger partial charge in [0.25, 0.3) is 0 Å². The number of nitrogens with one attached hydrogen (secondary N) is 1. The van der Waals surface area contributed by atoms with Crippen LogP contribution in [0, 0.1) is 11.3 Å². The molecule has 1 N–H and O–H groups in total. The van der Waals surface area contributed by atoms with E-state index in [9.17, 15) is 31.2 Å². The third-order valence-corrected chi connectivity index (χ3v) is 7.49. The number of pyridine rings is 1. The first kappa shape index (κ1) is 24.9. The van der Waals surface area contributed by atoms with Crippen molar-refractivity contribution in [3.05, 3.63) is 42.1 Å². The molecule has 12 heteroatoms. The second-order valence-electron chi connectivity index (χ2n) is 8.21. The molecule has 1 fully saturated rings. The maximum absolute atomic E-state index is 12.8. The Hall–Kier alpha value is -3.17. The molecule has 2 heterocycles. The number of rotatable bonds is 9. The first-order valence-corrected chi connectivity index (χ1v) is 12.4. The van der Waals surface area contributed by atoms with Crippen LogP contribution in [0.2, 0.25) is 0 Å². The van der Waals surface area contributed by atoms with Crippen LogP contribution in [-0.4, -0.2) is 44.0 Å². The molecule has 0 atom stereocenters. The van der Waals surface area contributed by atoms with Gasteiger partial charge in [0.15, 0.2) is 0 Å². The van der Waals surface area contributed by atoms with Crippen molar-refractivity contribution in [2.24, 2.45) is 0 Å². The fraction of sp³-hybridized carbons (Fsp3) is 0.391. The van der Waals surface area contributed by atoms with Crippen LogP contribution in [0.3, 0.4) is 0 Å². The molecule has 2 aromatic heterocycles.